The number of nitrogens with zero attached hydrogens (tertiary/aromatic N) is 3. The highest BCUT2D eigenvalue weighted by Gasteiger charge is 2.31. The van der Waals surface area contributed by atoms with Crippen molar-refractivity contribution in [3.05, 3.63) is 54.6 Å². The molecule has 0 radical (unpaired) electrons. The van der Waals surface area contributed by atoms with Crippen LogP contribution in [0.3, 0.4) is 0 Å². The molecule has 2 saturated heterocycles. The standard InChI is InChI=1S/C27H34F3N3O2/c1-31(16-11-21-12-17-32(18-13-21)23-5-3-2-4-6-23)26(34)22-14-19-33(20-15-22)24-7-9-25(10-8-24)35-27(28,29)30/h2-10,21-22H,11-20H2,1H3. The Morgan fingerprint density at radius 2 is 1.43 bits per heavy atom. The van der Waals surface area contributed by atoms with Gasteiger partial charge in [0.1, 0.15) is 5.75 Å². The Morgan fingerprint density at radius 1 is 0.886 bits per heavy atom. The van der Waals surface area contributed by atoms with E-state index in [4.69, 9.17) is 0 Å². The summed E-state index contributed by atoms with van der Waals surface area (Å²) in [7, 11) is 1.91. The summed E-state index contributed by atoms with van der Waals surface area (Å²) >= 11 is 0. The number of anilines is 2. The van der Waals surface area contributed by atoms with E-state index in [0.29, 0.717) is 19.0 Å². The van der Waals surface area contributed by atoms with Crippen LogP contribution >= 0.6 is 0 Å². The number of alkyl halides is 3. The third-order valence-corrected chi connectivity index (χ3v) is 7.26. The molecule has 2 aromatic carbocycles. The van der Waals surface area contributed by atoms with E-state index in [1.807, 2.05) is 18.0 Å². The summed E-state index contributed by atoms with van der Waals surface area (Å²) in [5.74, 6) is 0.638. The number of ether oxygens (including phenoxy) is 1. The lowest BCUT2D eigenvalue weighted by Crippen LogP contribution is -2.42. The summed E-state index contributed by atoms with van der Waals surface area (Å²) in [6, 6.07) is 16.5. The first-order valence-electron chi connectivity index (χ1n) is 12.4. The van der Waals surface area contributed by atoms with Crippen LogP contribution in [0.4, 0.5) is 24.5 Å². The topological polar surface area (TPSA) is 36.0 Å². The van der Waals surface area contributed by atoms with Gasteiger partial charge in [0.25, 0.3) is 0 Å². The molecule has 2 heterocycles. The molecular formula is C27H34F3N3O2. The maximum atomic E-state index is 13.0. The first-order valence-corrected chi connectivity index (χ1v) is 12.4. The fourth-order valence-corrected chi connectivity index (χ4v) is 5.16. The van der Waals surface area contributed by atoms with Crippen molar-refractivity contribution in [3.63, 3.8) is 0 Å². The molecule has 0 bridgehead atoms. The molecule has 1 amide bonds. The summed E-state index contributed by atoms with van der Waals surface area (Å²) in [5, 5.41) is 0. The van der Waals surface area contributed by atoms with Gasteiger partial charge in [0.05, 0.1) is 0 Å². The summed E-state index contributed by atoms with van der Waals surface area (Å²) < 4.78 is 41.0. The molecule has 0 spiro atoms. The fourth-order valence-electron chi connectivity index (χ4n) is 5.16. The van der Waals surface area contributed by atoms with Crippen molar-refractivity contribution < 1.29 is 22.7 Å². The number of carbonyl (C=O) groups is 1. The third kappa shape index (κ3) is 7.05. The highest BCUT2D eigenvalue weighted by atomic mass is 19.4. The second-order valence-electron chi connectivity index (χ2n) is 9.62. The van der Waals surface area contributed by atoms with Crippen LogP contribution in [-0.4, -0.2) is 56.9 Å². The van der Waals surface area contributed by atoms with E-state index in [0.717, 1.165) is 57.4 Å². The van der Waals surface area contributed by atoms with Gasteiger partial charge in [-0.15, -0.1) is 13.2 Å². The monoisotopic (exact) mass is 489 g/mol. The smallest absolute Gasteiger partial charge is 0.406 e. The molecule has 35 heavy (non-hydrogen) atoms. The third-order valence-electron chi connectivity index (χ3n) is 7.26. The van der Waals surface area contributed by atoms with Crippen molar-refractivity contribution >= 4 is 17.3 Å². The van der Waals surface area contributed by atoms with Crippen molar-refractivity contribution in [2.75, 3.05) is 49.6 Å². The van der Waals surface area contributed by atoms with E-state index in [1.165, 1.54) is 17.8 Å². The van der Waals surface area contributed by atoms with Crippen LogP contribution in [0.5, 0.6) is 5.75 Å². The van der Waals surface area contributed by atoms with Crippen LogP contribution in [0.1, 0.15) is 32.1 Å². The van der Waals surface area contributed by atoms with Gasteiger partial charge in [-0.25, -0.2) is 0 Å². The Hall–Kier alpha value is -2.90. The van der Waals surface area contributed by atoms with Gasteiger partial charge in [-0.1, -0.05) is 18.2 Å². The molecule has 2 aliphatic rings. The number of halogens is 3. The van der Waals surface area contributed by atoms with Crippen LogP contribution in [0.2, 0.25) is 0 Å². The Labute approximate surface area is 205 Å². The van der Waals surface area contributed by atoms with Gasteiger partial charge in [0, 0.05) is 57.1 Å². The summed E-state index contributed by atoms with van der Waals surface area (Å²) in [6.07, 6.45) is 0.158. The van der Waals surface area contributed by atoms with Crippen molar-refractivity contribution in [3.8, 4) is 5.75 Å². The molecule has 0 atom stereocenters. The van der Waals surface area contributed by atoms with Gasteiger partial charge >= 0.3 is 6.36 Å². The molecule has 2 fully saturated rings. The van der Waals surface area contributed by atoms with Crippen LogP contribution in [-0.2, 0) is 4.79 Å². The first-order chi connectivity index (χ1) is 16.8. The fraction of sp³-hybridized carbons (Fsp3) is 0.519. The maximum absolute atomic E-state index is 13.0. The Morgan fingerprint density at radius 3 is 2.00 bits per heavy atom. The van der Waals surface area contributed by atoms with E-state index in [2.05, 4.69) is 38.8 Å². The van der Waals surface area contributed by atoms with Crippen molar-refractivity contribution in [2.24, 2.45) is 11.8 Å². The second-order valence-corrected chi connectivity index (χ2v) is 9.62. The number of hydrogen-bond acceptors (Lipinski definition) is 4. The second kappa shape index (κ2) is 11.2. The van der Waals surface area contributed by atoms with E-state index >= 15 is 0 Å². The van der Waals surface area contributed by atoms with Crippen LogP contribution in [0.25, 0.3) is 0 Å². The molecule has 0 N–H and O–H groups in total. The predicted octanol–water partition coefficient (Wildman–Crippen LogP) is 5.57. The SMILES string of the molecule is CN(CCC1CCN(c2ccccc2)CC1)C(=O)C1CCN(c2ccc(OC(F)(F)F)cc2)CC1. The van der Waals surface area contributed by atoms with Crippen molar-refractivity contribution in [1.82, 2.24) is 4.90 Å². The van der Waals surface area contributed by atoms with E-state index in [9.17, 15) is 18.0 Å². The minimum atomic E-state index is -4.69. The van der Waals surface area contributed by atoms with Crippen LogP contribution in [0.15, 0.2) is 54.6 Å². The summed E-state index contributed by atoms with van der Waals surface area (Å²) in [4.78, 5) is 19.5. The largest absolute Gasteiger partial charge is 0.573 e. The van der Waals surface area contributed by atoms with Crippen molar-refractivity contribution in [1.29, 1.82) is 0 Å². The molecule has 0 aromatic heterocycles. The maximum Gasteiger partial charge on any atom is 0.573 e. The van der Waals surface area contributed by atoms with Crippen molar-refractivity contribution in [2.45, 2.75) is 38.5 Å². The Bertz CT molecular complexity index is 936. The number of amides is 1. The Balaban J connectivity index is 1.17. The number of para-hydroxylation sites is 1. The van der Waals surface area contributed by atoms with Gasteiger partial charge in [-0.2, -0.15) is 0 Å². The molecule has 0 unspecified atom stereocenters. The van der Waals surface area contributed by atoms with Crippen LogP contribution < -0.4 is 14.5 Å². The Kier molecular flexibility index (Phi) is 8.08. The van der Waals surface area contributed by atoms with Crippen LogP contribution in [0, 0.1) is 11.8 Å². The van der Waals surface area contributed by atoms with Gasteiger partial charge < -0.3 is 19.4 Å². The predicted molar refractivity (Wildman–Crippen MR) is 132 cm³/mol. The molecule has 2 aromatic rings. The minimum Gasteiger partial charge on any atom is -0.406 e. The normalized spacial score (nSPS) is 17.9. The zero-order chi connectivity index (χ0) is 24.8. The lowest BCUT2D eigenvalue weighted by Gasteiger charge is -2.36. The lowest BCUT2D eigenvalue weighted by molar-refractivity contribution is -0.274. The quantitative estimate of drug-likeness (QED) is 0.510. The number of benzene rings is 2. The summed E-state index contributed by atoms with van der Waals surface area (Å²) in [5.41, 5.74) is 2.13. The van der Waals surface area contributed by atoms with E-state index in [1.54, 1.807) is 12.1 Å². The van der Waals surface area contributed by atoms with Gasteiger partial charge in [-0.05, 0) is 74.4 Å². The van der Waals surface area contributed by atoms with Gasteiger partial charge in [-0.3, -0.25) is 4.79 Å². The zero-order valence-electron chi connectivity index (χ0n) is 20.2. The molecular weight excluding hydrogens is 455 g/mol. The number of rotatable bonds is 7. The summed E-state index contributed by atoms with van der Waals surface area (Å²) in [6.45, 7) is 4.33. The number of hydrogen-bond donors (Lipinski definition) is 0. The van der Waals surface area contributed by atoms with E-state index < -0.39 is 6.36 Å². The minimum absolute atomic E-state index is 0.00372. The van der Waals surface area contributed by atoms with Gasteiger partial charge in [0.2, 0.25) is 5.91 Å². The highest BCUT2D eigenvalue weighted by molar-refractivity contribution is 5.79. The average Bonchev–Trinajstić information content (AvgIpc) is 2.87. The number of piperidine rings is 2. The molecule has 5 nitrogen and oxygen atoms in total. The van der Waals surface area contributed by atoms with Gasteiger partial charge in [0.15, 0.2) is 0 Å². The zero-order valence-corrected chi connectivity index (χ0v) is 20.2. The molecule has 0 saturated carbocycles. The first kappa shape index (κ1) is 25.2. The van der Waals surface area contributed by atoms with E-state index in [-0.39, 0.29) is 17.6 Å². The molecule has 4 rings (SSSR count). The highest BCUT2D eigenvalue weighted by Crippen LogP contribution is 2.29. The lowest BCUT2D eigenvalue weighted by atomic mass is 9.92. The molecule has 8 heteroatoms. The number of carbonyl (C=O) groups excluding carboxylic acids is 1. The molecule has 0 aliphatic carbocycles. The molecule has 190 valence electrons. The molecule has 2 aliphatic heterocycles. The average molecular weight is 490 g/mol.